The lowest BCUT2D eigenvalue weighted by Crippen LogP contribution is -2.31. The Hall–Kier alpha value is -0.180. The topological polar surface area (TPSA) is 24.4 Å². The van der Waals surface area contributed by atoms with Gasteiger partial charge in [0.25, 0.3) is 0 Å². The first-order valence-corrected chi connectivity index (χ1v) is 9.04. The van der Waals surface area contributed by atoms with Crippen LogP contribution in [-0.2, 0) is 0 Å². The highest BCUT2D eigenvalue weighted by atomic mass is 32.2. The summed E-state index contributed by atoms with van der Waals surface area (Å²) in [5, 5.41) is 4.65. The third kappa shape index (κ3) is 8.56. The fourth-order valence-corrected chi connectivity index (χ4v) is 3.18. The summed E-state index contributed by atoms with van der Waals surface area (Å²) in [6.07, 6.45) is 11.1. The van der Waals surface area contributed by atoms with Crippen LogP contribution in [0.3, 0.4) is 0 Å². The van der Waals surface area contributed by atoms with Crippen molar-refractivity contribution in [2.75, 3.05) is 18.8 Å². The Bertz CT molecular complexity index is 261. The van der Waals surface area contributed by atoms with Gasteiger partial charge in [0.15, 0.2) is 5.17 Å². The third-order valence-electron chi connectivity index (χ3n) is 3.56. The molecule has 0 aromatic rings. The summed E-state index contributed by atoms with van der Waals surface area (Å²) in [6, 6.07) is 0. The molecule has 0 spiro atoms. The molecule has 0 aromatic heterocycles. The molecule has 0 aliphatic carbocycles. The van der Waals surface area contributed by atoms with Crippen LogP contribution in [0.15, 0.2) is 4.99 Å². The Morgan fingerprint density at radius 2 is 1.68 bits per heavy atom. The van der Waals surface area contributed by atoms with Crippen LogP contribution in [0, 0.1) is 5.41 Å². The SMILES string of the molecule is CCCCCCCCCCNC1=NCC(C)(C)CS1. The zero-order valence-corrected chi connectivity index (χ0v) is 14.0. The van der Waals surface area contributed by atoms with Crippen LogP contribution in [0.2, 0.25) is 0 Å². The van der Waals surface area contributed by atoms with Crippen LogP contribution in [0.5, 0.6) is 0 Å². The van der Waals surface area contributed by atoms with Crippen molar-refractivity contribution in [2.45, 2.75) is 72.1 Å². The van der Waals surface area contributed by atoms with E-state index in [0.29, 0.717) is 5.41 Å². The molecule has 0 aromatic carbocycles. The van der Waals surface area contributed by atoms with Crippen LogP contribution in [0.4, 0.5) is 0 Å². The normalized spacial score (nSPS) is 18.2. The van der Waals surface area contributed by atoms with Crippen LogP contribution >= 0.6 is 11.8 Å². The van der Waals surface area contributed by atoms with Gasteiger partial charge >= 0.3 is 0 Å². The zero-order valence-electron chi connectivity index (χ0n) is 13.1. The lowest BCUT2D eigenvalue weighted by molar-refractivity contribution is 0.436. The fourth-order valence-electron chi connectivity index (χ4n) is 2.20. The predicted octanol–water partition coefficient (Wildman–Crippen LogP) is 4.85. The molecule has 0 saturated carbocycles. The maximum absolute atomic E-state index is 4.62. The van der Waals surface area contributed by atoms with E-state index in [1.165, 1.54) is 62.3 Å². The minimum absolute atomic E-state index is 0.383. The summed E-state index contributed by atoms with van der Waals surface area (Å²) in [4.78, 5) is 4.62. The van der Waals surface area contributed by atoms with E-state index in [4.69, 9.17) is 0 Å². The minimum Gasteiger partial charge on any atom is -0.365 e. The van der Waals surface area contributed by atoms with Gasteiger partial charge in [-0.05, 0) is 11.8 Å². The second kappa shape index (κ2) is 9.68. The molecule has 0 fully saturated rings. The van der Waals surface area contributed by atoms with Gasteiger partial charge in [0.1, 0.15) is 0 Å². The monoisotopic (exact) mass is 284 g/mol. The van der Waals surface area contributed by atoms with Gasteiger partial charge in [0.2, 0.25) is 0 Å². The van der Waals surface area contributed by atoms with Crippen molar-refractivity contribution in [3.05, 3.63) is 0 Å². The number of hydrogen-bond donors (Lipinski definition) is 1. The van der Waals surface area contributed by atoms with Crippen molar-refractivity contribution in [3.63, 3.8) is 0 Å². The van der Waals surface area contributed by atoms with Gasteiger partial charge in [0.05, 0.1) is 0 Å². The Labute approximate surface area is 124 Å². The molecule has 0 bridgehead atoms. The molecule has 0 saturated heterocycles. The lowest BCUT2D eigenvalue weighted by Gasteiger charge is -2.27. The maximum atomic E-state index is 4.62. The minimum atomic E-state index is 0.383. The molecule has 19 heavy (non-hydrogen) atoms. The molecule has 0 radical (unpaired) electrons. The number of rotatable bonds is 9. The van der Waals surface area contributed by atoms with Gasteiger partial charge in [-0.1, -0.05) is 77.5 Å². The Balaban J connectivity index is 1.90. The number of hydrogen-bond acceptors (Lipinski definition) is 3. The number of amidine groups is 1. The summed E-state index contributed by atoms with van der Waals surface area (Å²) in [5.74, 6) is 1.19. The summed E-state index contributed by atoms with van der Waals surface area (Å²) in [5.41, 5.74) is 0.383. The summed E-state index contributed by atoms with van der Waals surface area (Å²) >= 11 is 1.89. The van der Waals surface area contributed by atoms with Crippen molar-refractivity contribution in [2.24, 2.45) is 10.4 Å². The second-order valence-electron chi connectivity index (χ2n) is 6.48. The summed E-state index contributed by atoms with van der Waals surface area (Å²) in [7, 11) is 0. The standard InChI is InChI=1S/C16H32N2S/c1-4-5-6-7-8-9-10-11-12-17-15-18-13-16(2,3)14-19-15/h4-14H2,1-3H3,(H,17,18). The highest BCUT2D eigenvalue weighted by molar-refractivity contribution is 8.13. The van der Waals surface area contributed by atoms with E-state index < -0.39 is 0 Å². The van der Waals surface area contributed by atoms with Crippen molar-refractivity contribution in [1.29, 1.82) is 0 Å². The van der Waals surface area contributed by atoms with Crippen molar-refractivity contribution in [1.82, 2.24) is 5.32 Å². The number of nitrogens with zero attached hydrogens (tertiary/aromatic N) is 1. The number of aliphatic imine (C=N–C) groups is 1. The molecule has 1 heterocycles. The zero-order chi connectivity index (χ0) is 14.0. The first-order chi connectivity index (χ1) is 9.14. The van der Waals surface area contributed by atoms with Gasteiger partial charge in [0, 0.05) is 18.8 Å². The summed E-state index contributed by atoms with van der Waals surface area (Å²) in [6.45, 7) is 8.93. The average Bonchev–Trinajstić information content (AvgIpc) is 2.38. The van der Waals surface area contributed by atoms with E-state index in [9.17, 15) is 0 Å². The van der Waals surface area contributed by atoms with Gasteiger partial charge in [-0.2, -0.15) is 0 Å². The molecule has 2 nitrogen and oxygen atoms in total. The largest absolute Gasteiger partial charge is 0.365 e. The third-order valence-corrected chi connectivity index (χ3v) is 5.03. The maximum Gasteiger partial charge on any atom is 0.156 e. The van der Waals surface area contributed by atoms with E-state index in [-0.39, 0.29) is 0 Å². The van der Waals surface area contributed by atoms with Gasteiger partial charge in [-0.3, -0.25) is 4.99 Å². The van der Waals surface area contributed by atoms with Gasteiger partial charge < -0.3 is 5.32 Å². The van der Waals surface area contributed by atoms with E-state index in [1.54, 1.807) is 0 Å². The van der Waals surface area contributed by atoms with Crippen molar-refractivity contribution in [3.8, 4) is 0 Å². The fraction of sp³-hybridized carbons (Fsp3) is 0.938. The van der Waals surface area contributed by atoms with Gasteiger partial charge in [-0.25, -0.2) is 0 Å². The lowest BCUT2D eigenvalue weighted by atomic mass is 9.97. The highest BCUT2D eigenvalue weighted by Gasteiger charge is 2.22. The smallest absolute Gasteiger partial charge is 0.156 e. The Morgan fingerprint density at radius 1 is 1.05 bits per heavy atom. The molecule has 0 unspecified atom stereocenters. The first-order valence-electron chi connectivity index (χ1n) is 8.05. The molecular weight excluding hydrogens is 252 g/mol. The van der Waals surface area contributed by atoms with Crippen LogP contribution in [-0.4, -0.2) is 24.0 Å². The van der Waals surface area contributed by atoms with Gasteiger partial charge in [-0.15, -0.1) is 0 Å². The van der Waals surface area contributed by atoms with Crippen molar-refractivity contribution >= 4 is 16.9 Å². The quantitative estimate of drug-likeness (QED) is 0.612. The molecule has 1 N–H and O–H groups in total. The highest BCUT2D eigenvalue weighted by Crippen LogP contribution is 2.26. The molecule has 1 aliphatic rings. The number of nitrogens with one attached hydrogen (secondary N) is 1. The second-order valence-corrected chi connectivity index (χ2v) is 7.44. The van der Waals surface area contributed by atoms with Crippen molar-refractivity contribution < 1.29 is 0 Å². The van der Waals surface area contributed by atoms with E-state index >= 15 is 0 Å². The summed E-state index contributed by atoms with van der Waals surface area (Å²) < 4.78 is 0. The number of unbranched alkanes of at least 4 members (excludes halogenated alkanes) is 7. The first kappa shape index (κ1) is 16.9. The molecule has 0 atom stereocenters. The molecular formula is C16H32N2S. The predicted molar refractivity (Wildman–Crippen MR) is 89.2 cm³/mol. The van der Waals surface area contributed by atoms with Crippen LogP contribution in [0.25, 0.3) is 0 Å². The molecule has 112 valence electrons. The molecule has 0 amide bonds. The molecule has 1 rings (SSSR count). The number of thioether (sulfide) groups is 1. The Morgan fingerprint density at radius 3 is 2.26 bits per heavy atom. The average molecular weight is 285 g/mol. The Kier molecular flexibility index (Phi) is 8.60. The van der Waals surface area contributed by atoms with Crippen LogP contribution < -0.4 is 5.32 Å². The van der Waals surface area contributed by atoms with Crippen LogP contribution in [0.1, 0.15) is 72.1 Å². The van der Waals surface area contributed by atoms with E-state index in [2.05, 4.69) is 31.1 Å². The van der Waals surface area contributed by atoms with E-state index in [1.807, 2.05) is 11.8 Å². The van der Waals surface area contributed by atoms with E-state index in [0.717, 1.165) is 13.1 Å². The molecule has 3 heteroatoms. The molecule has 1 aliphatic heterocycles.